The number of phenolic OH excluding ortho intramolecular Hbond substituents is 1. The Morgan fingerprint density at radius 3 is 2.62 bits per heavy atom. The van der Waals surface area contributed by atoms with Crippen LogP contribution in [0.25, 0.3) is 0 Å². The zero-order valence-electron chi connectivity index (χ0n) is 15.7. The van der Waals surface area contributed by atoms with E-state index < -0.39 is 11.2 Å². The number of primary amides is 1. The van der Waals surface area contributed by atoms with Crippen LogP contribution in [0, 0.1) is 0 Å². The Kier molecular flexibility index (Phi) is 6.30. The summed E-state index contributed by atoms with van der Waals surface area (Å²) in [5.41, 5.74) is 7.43. The highest BCUT2D eigenvalue weighted by atomic mass is 32.2. The average Bonchev–Trinajstić information content (AvgIpc) is 3.26. The van der Waals surface area contributed by atoms with Crippen molar-refractivity contribution in [2.75, 3.05) is 10.3 Å². The Bertz CT molecular complexity index is 957. The van der Waals surface area contributed by atoms with E-state index in [2.05, 4.69) is 10.4 Å². The number of hydrogen-bond donors (Lipinski definition) is 5. The first kappa shape index (κ1) is 21.0. The number of hydrogen-bond acceptors (Lipinski definition) is 8. The summed E-state index contributed by atoms with van der Waals surface area (Å²) in [5.74, 6) is 10.7. The Labute approximate surface area is 175 Å². The summed E-state index contributed by atoms with van der Waals surface area (Å²) >= 11 is 2.46. The number of thiophene rings is 1. The number of carbonyl (C=O) groups excluding carboxylic acids is 2. The third-order valence-corrected chi connectivity index (χ3v) is 6.79. The molecular formula is C18H22N6O3S2. The Morgan fingerprint density at radius 2 is 2.00 bits per heavy atom. The SMILES string of the molecule is CC(S/C(=N/N)N(N)c1ccc(O)cc1)C(=O)Nc1sc2c(c1C(N)=O)CCC2. The highest BCUT2D eigenvalue weighted by Gasteiger charge is 2.28. The second-order valence-corrected chi connectivity index (χ2v) is 8.89. The molecule has 1 atom stereocenters. The summed E-state index contributed by atoms with van der Waals surface area (Å²) in [6.45, 7) is 1.68. The molecule has 0 bridgehead atoms. The second-order valence-electron chi connectivity index (χ2n) is 6.47. The maximum absolute atomic E-state index is 12.7. The lowest BCUT2D eigenvalue weighted by atomic mass is 10.1. The van der Waals surface area contributed by atoms with E-state index in [0.717, 1.165) is 41.5 Å². The van der Waals surface area contributed by atoms with Crippen LogP contribution in [0.1, 0.15) is 34.1 Å². The van der Waals surface area contributed by atoms with E-state index in [1.54, 1.807) is 19.1 Å². The number of amides is 2. The van der Waals surface area contributed by atoms with Gasteiger partial charge in [-0.3, -0.25) is 14.6 Å². The number of thioether (sulfide) groups is 1. The monoisotopic (exact) mass is 434 g/mol. The van der Waals surface area contributed by atoms with Crippen LogP contribution >= 0.6 is 23.1 Å². The van der Waals surface area contributed by atoms with Crippen LogP contribution < -0.4 is 27.7 Å². The van der Waals surface area contributed by atoms with Crippen molar-refractivity contribution in [3.05, 3.63) is 40.3 Å². The van der Waals surface area contributed by atoms with Gasteiger partial charge in [-0.25, -0.2) is 5.84 Å². The standard InChI is InChI=1S/C18H22N6O3S2/c1-9(28-18(23-20)24(21)10-5-7-11(25)8-6-10)16(27)22-17-14(15(19)26)12-3-2-4-13(12)29-17/h5-9,25H,2-4,20-21H2,1H3,(H2,19,26)(H,22,27)/b23-18+. The minimum atomic E-state index is -0.599. The molecule has 1 aliphatic carbocycles. The van der Waals surface area contributed by atoms with Gasteiger partial charge in [0.2, 0.25) is 11.1 Å². The molecule has 29 heavy (non-hydrogen) atoms. The van der Waals surface area contributed by atoms with Gasteiger partial charge < -0.3 is 22.0 Å². The predicted octanol–water partition coefficient (Wildman–Crippen LogP) is 1.71. The van der Waals surface area contributed by atoms with Crippen LogP contribution in [0.5, 0.6) is 5.75 Å². The molecule has 0 radical (unpaired) electrons. The summed E-state index contributed by atoms with van der Waals surface area (Å²) in [7, 11) is 0. The van der Waals surface area contributed by atoms with Crippen molar-refractivity contribution in [2.45, 2.75) is 31.4 Å². The number of aryl methyl sites for hydroxylation is 1. The van der Waals surface area contributed by atoms with E-state index in [1.165, 1.54) is 28.5 Å². The largest absolute Gasteiger partial charge is 0.508 e. The van der Waals surface area contributed by atoms with Crippen LogP contribution in [0.2, 0.25) is 0 Å². The maximum atomic E-state index is 12.7. The minimum Gasteiger partial charge on any atom is -0.508 e. The summed E-state index contributed by atoms with van der Waals surface area (Å²) in [6.07, 6.45) is 2.67. The van der Waals surface area contributed by atoms with Gasteiger partial charge >= 0.3 is 0 Å². The number of aromatic hydroxyl groups is 1. The molecule has 154 valence electrons. The van der Waals surface area contributed by atoms with E-state index in [-0.39, 0.29) is 16.8 Å². The van der Waals surface area contributed by atoms with Crippen molar-refractivity contribution in [3.8, 4) is 5.75 Å². The molecular weight excluding hydrogens is 412 g/mol. The molecule has 0 aliphatic heterocycles. The van der Waals surface area contributed by atoms with Gasteiger partial charge in [0, 0.05) is 4.88 Å². The fraction of sp³-hybridized carbons (Fsp3) is 0.278. The first-order chi connectivity index (χ1) is 13.8. The summed E-state index contributed by atoms with van der Waals surface area (Å²) < 4.78 is 0. The fourth-order valence-electron chi connectivity index (χ4n) is 3.05. The lowest BCUT2D eigenvalue weighted by Gasteiger charge is -2.21. The highest BCUT2D eigenvalue weighted by molar-refractivity contribution is 8.15. The van der Waals surface area contributed by atoms with Crippen molar-refractivity contribution in [2.24, 2.45) is 22.5 Å². The molecule has 1 aliphatic rings. The molecule has 2 amide bonds. The van der Waals surface area contributed by atoms with Crippen molar-refractivity contribution < 1.29 is 14.7 Å². The molecule has 8 N–H and O–H groups in total. The van der Waals surface area contributed by atoms with Gasteiger partial charge in [-0.05, 0) is 56.0 Å². The van der Waals surface area contributed by atoms with Crippen molar-refractivity contribution in [1.29, 1.82) is 0 Å². The van der Waals surface area contributed by atoms with Crippen LogP contribution in [0.3, 0.4) is 0 Å². The average molecular weight is 435 g/mol. The van der Waals surface area contributed by atoms with Crippen LogP contribution in [0.15, 0.2) is 29.4 Å². The molecule has 9 nitrogen and oxygen atoms in total. The molecule has 1 aromatic heterocycles. The number of hydrazone groups is 1. The van der Waals surface area contributed by atoms with Gasteiger partial charge in [-0.2, -0.15) is 5.10 Å². The number of nitrogens with one attached hydrogen (secondary N) is 1. The van der Waals surface area contributed by atoms with E-state index >= 15 is 0 Å². The van der Waals surface area contributed by atoms with E-state index in [9.17, 15) is 14.7 Å². The number of hydrazine groups is 1. The van der Waals surface area contributed by atoms with E-state index in [0.29, 0.717) is 16.3 Å². The van der Waals surface area contributed by atoms with Crippen LogP contribution in [-0.2, 0) is 17.6 Å². The number of fused-ring (bicyclic) bond motifs is 1. The predicted molar refractivity (Wildman–Crippen MR) is 117 cm³/mol. The first-order valence-corrected chi connectivity index (χ1v) is 10.5. The molecule has 2 aromatic rings. The van der Waals surface area contributed by atoms with Gasteiger partial charge in [0.05, 0.1) is 16.5 Å². The number of amidine groups is 1. The number of anilines is 2. The Morgan fingerprint density at radius 1 is 1.31 bits per heavy atom. The van der Waals surface area contributed by atoms with Gasteiger partial charge in [-0.15, -0.1) is 11.3 Å². The number of carbonyl (C=O) groups is 2. The molecule has 3 rings (SSSR count). The zero-order chi connectivity index (χ0) is 21.1. The van der Waals surface area contributed by atoms with E-state index in [1.807, 2.05) is 0 Å². The molecule has 11 heteroatoms. The van der Waals surface area contributed by atoms with Crippen molar-refractivity contribution in [3.63, 3.8) is 0 Å². The molecule has 0 saturated carbocycles. The van der Waals surface area contributed by atoms with Crippen molar-refractivity contribution >= 4 is 50.8 Å². The smallest absolute Gasteiger partial charge is 0.251 e. The van der Waals surface area contributed by atoms with Crippen molar-refractivity contribution in [1.82, 2.24) is 0 Å². The third-order valence-electron chi connectivity index (χ3n) is 4.50. The minimum absolute atomic E-state index is 0.0990. The van der Waals surface area contributed by atoms with Crippen LogP contribution in [-0.4, -0.2) is 27.3 Å². The summed E-state index contributed by atoms with van der Waals surface area (Å²) in [6, 6.07) is 6.15. The number of benzene rings is 1. The highest BCUT2D eigenvalue weighted by Crippen LogP contribution is 2.39. The summed E-state index contributed by atoms with van der Waals surface area (Å²) in [5, 5.41) is 17.2. The zero-order valence-corrected chi connectivity index (χ0v) is 17.3. The Balaban J connectivity index is 1.70. The normalized spacial score (nSPS) is 14.3. The molecule has 1 unspecified atom stereocenters. The van der Waals surface area contributed by atoms with Crippen LogP contribution in [0.4, 0.5) is 10.7 Å². The quantitative estimate of drug-likeness (QED) is 0.207. The van der Waals surface area contributed by atoms with Gasteiger partial charge in [0.15, 0.2) is 0 Å². The second kappa shape index (κ2) is 8.72. The van der Waals surface area contributed by atoms with Gasteiger partial charge in [-0.1, -0.05) is 11.8 Å². The Hall–Kier alpha value is -2.76. The number of nitrogens with two attached hydrogens (primary N) is 3. The number of rotatable bonds is 5. The first-order valence-electron chi connectivity index (χ1n) is 8.85. The summed E-state index contributed by atoms with van der Waals surface area (Å²) in [4.78, 5) is 25.7. The molecule has 0 saturated heterocycles. The van der Waals surface area contributed by atoms with E-state index in [4.69, 9.17) is 17.4 Å². The lowest BCUT2D eigenvalue weighted by molar-refractivity contribution is -0.115. The fourth-order valence-corrected chi connectivity index (χ4v) is 5.11. The molecule has 1 heterocycles. The topological polar surface area (TPSA) is 160 Å². The lowest BCUT2D eigenvalue weighted by Crippen LogP contribution is -2.38. The molecule has 0 fully saturated rings. The van der Waals surface area contributed by atoms with Gasteiger partial charge in [0.1, 0.15) is 10.8 Å². The molecule has 0 spiro atoms. The maximum Gasteiger partial charge on any atom is 0.251 e. The molecule has 1 aromatic carbocycles. The third kappa shape index (κ3) is 4.47. The number of nitrogens with zero attached hydrogens (tertiary/aromatic N) is 2. The van der Waals surface area contributed by atoms with Gasteiger partial charge in [0.25, 0.3) is 5.91 Å². The number of phenols is 1.